The Kier molecular flexibility index (Phi) is 1.85. The van der Waals surface area contributed by atoms with Crippen molar-refractivity contribution in [3.63, 3.8) is 0 Å². The molecule has 0 aromatic carbocycles. The van der Waals surface area contributed by atoms with E-state index in [1.54, 1.807) is 29.3 Å². The molecule has 2 rings (SSSR count). The van der Waals surface area contributed by atoms with Crippen LogP contribution in [0.25, 0.3) is 11.3 Å². The zero-order valence-electron chi connectivity index (χ0n) is 7.81. The van der Waals surface area contributed by atoms with Crippen LogP contribution in [-0.4, -0.2) is 14.8 Å². The smallest absolute Gasteiger partial charge is 0.0944 e. The van der Waals surface area contributed by atoms with Gasteiger partial charge in [-0.25, -0.2) is 0 Å². The quantitative estimate of drug-likeness (QED) is 0.689. The Bertz CT molecular complexity index is 440. The van der Waals surface area contributed by atoms with Crippen LogP contribution in [0.1, 0.15) is 0 Å². The summed E-state index contributed by atoms with van der Waals surface area (Å²) in [7, 11) is 1.82. The highest BCUT2D eigenvalue weighted by atomic mass is 15.3. The van der Waals surface area contributed by atoms with Crippen molar-refractivity contribution in [2.24, 2.45) is 7.05 Å². The molecule has 0 aliphatic carbocycles. The van der Waals surface area contributed by atoms with Crippen molar-refractivity contribution in [2.75, 3.05) is 11.5 Å². The third-order valence-corrected chi connectivity index (χ3v) is 2.08. The first-order valence-electron chi connectivity index (χ1n) is 4.17. The number of aromatic nitrogens is 3. The summed E-state index contributed by atoms with van der Waals surface area (Å²) in [6.45, 7) is 0. The molecule has 0 saturated carbocycles. The molecule has 0 aliphatic heterocycles. The second kappa shape index (κ2) is 3.02. The monoisotopic (exact) mass is 189 g/mol. The zero-order chi connectivity index (χ0) is 10.1. The number of anilines is 2. The van der Waals surface area contributed by atoms with Gasteiger partial charge < -0.3 is 11.5 Å². The molecule has 0 bridgehead atoms. The fourth-order valence-corrected chi connectivity index (χ4v) is 1.39. The van der Waals surface area contributed by atoms with E-state index < -0.39 is 0 Å². The molecule has 0 unspecified atom stereocenters. The average Bonchev–Trinajstić information content (AvgIpc) is 2.48. The van der Waals surface area contributed by atoms with E-state index >= 15 is 0 Å². The molecule has 5 heteroatoms. The lowest BCUT2D eigenvalue weighted by molar-refractivity contribution is 0.776. The first-order valence-corrected chi connectivity index (χ1v) is 4.17. The standard InChI is InChI=1S/C9H11N5/c1-14-9(8(11)5-13-14)6-4-12-3-2-7(6)10/h2-5H,11H2,1H3,(H2,10,12). The van der Waals surface area contributed by atoms with Gasteiger partial charge in [-0.1, -0.05) is 0 Å². The Hall–Kier alpha value is -2.04. The number of hydrogen-bond acceptors (Lipinski definition) is 4. The van der Waals surface area contributed by atoms with Crippen molar-refractivity contribution < 1.29 is 0 Å². The maximum Gasteiger partial charge on any atom is 0.0944 e. The normalized spacial score (nSPS) is 10.4. The Morgan fingerprint density at radius 3 is 2.57 bits per heavy atom. The number of aryl methyl sites for hydroxylation is 1. The van der Waals surface area contributed by atoms with E-state index in [1.807, 2.05) is 7.05 Å². The van der Waals surface area contributed by atoms with Crippen LogP contribution in [-0.2, 0) is 7.05 Å². The fourth-order valence-electron chi connectivity index (χ4n) is 1.39. The molecule has 0 amide bonds. The largest absolute Gasteiger partial charge is 0.398 e. The van der Waals surface area contributed by atoms with Gasteiger partial charge in [-0.3, -0.25) is 9.67 Å². The molecule has 0 saturated heterocycles. The number of nitrogen functional groups attached to an aromatic ring is 2. The van der Waals surface area contributed by atoms with Crippen molar-refractivity contribution in [1.82, 2.24) is 14.8 Å². The van der Waals surface area contributed by atoms with E-state index in [0.29, 0.717) is 11.4 Å². The SMILES string of the molecule is Cn1ncc(N)c1-c1cnccc1N. The molecule has 0 spiro atoms. The predicted octanol–water partition coefficient (Wildman–Crippen LogP) is 0.647. The summed E-state index contributed by atoms with van der Waals surface area (Å²) in [5, 5.41) is 4.04. The van der Waals surface area contributed by atoms with Crippen LogP contribution in [0.3, 0.4) is 0 Å². The highest BCUT2D eigenvalue weighted by molar-refractivity contribution is 5.80. The zero-order valence-corrected chi connectivity index (χ0v) is 7.81. The van der Waals surface area contributed by atoms with Crippen LogP contribution in [0.4, 0.5) is 11.4 Å². The highest BCUT2D eigenvalue weighted by Gasteiger charge is 2.10. The lowest BCUT2D eigenvalue weighted by atomic mass is 10.1. The van der Waals surface area contributed by atoms with E-state index in [-0.39, 0.29) is 0 Å². The summed E-state index contributed by atoms with van der Waals surface area (Å²) in [5.41, 5.74) is 14.5. The van der Waals surface area contributed by atoms with Gasteiger partial charge in [0.2, 0.25) is 0 Å². The van der Waals surface area contributed by atoms with Crippen molar-refractivity contribution in [3.05, 3.63) is 24.7 Å². The molecule has 5 nitrogen and oxygen atoms in total. The molecule has 0 atom stereocenters. The van der Waals surface area contributed by atoms with Crippen molar-refractivity contribution in [3.8, 4) is 11.3 Å². The van der Waals surface area contributed by atoms with E-state index in [9.17, 15) is 0 Å². The van der Waals surface area contributed by atoms with Gasteiger partial charge in [0.1, 0.15) is 0 Å². The van der Waals surface area contributed by atoms with E-state index in [4.69, 9.17) is 11.5 Å². The van der Waals surface area contributed by atoms with Crippen molar-refractivity contribution in [2.45, 2.75) is 0 Å². The predicted molar refractivity (Wildman–Crippen MR) is 55.3 cm³/mol. The lowest BCUT2D eigenvalue weighted by Crippen LogP contribution is -1.99. The van der Waals surface area contributed by atoms with E-state index in [2.05, 4.69) is 10.1 Å². The summed E-state index contributed by atoms with van der Waals surface area (Å²) >= 11 is 0. The highest BCUT2D eigenvalue weighted by Crippen LogP contribution is 2.28. The maximum absolute atomic E-state index is 5.81. The Morgan fingerprint density at radius 2 is 2.00 bits per heavy atom. The van der Waals surface area contributed by atoms with Gasteiger partial charge in [0.15, 0.2) is 0 Å². The minimum Gasteiger partial charge on any atom is -0.398 e. The van der Waals surface area contributed by atoms with Gasteiger partial charge in [0, 0.05) is 30.7 Å². The van der Waals surface area contributed by atoms with Gasteiger partial charge >= 0.3 is 0 Å². The molecule has 2 aromatic rings. The number of hydrogen-bond donors (Lipinski definition) is 2. The van der Waals surface area contributed by atoms with E-state index in [0.717, 1.165) is 11.3 Å². The first-order chi connectivity index (χ1) is 6.70. The molecular weight excluding hydrogens is 178 g/mol. The molecular formula is C9H11N5. The van der Waals surface area contributed by atoms with Crippen molar-refractivity contribution >= 4 is 11.4 Å². The number of nitrogens with zero attached hydrogens (tertiary/aromatic N) is 3. The molecule has 0 radical (unpaired) electrons. The molecule has 4 N–H and O–H groups in total. The number of pyridine rings is 1. The molecule has 72 valence electrons. The third kappa shape index (κ3) is 1.19. The lowest BCUT2D eigenvalue weighted by Gasteiger charge is -2.05. The number of rotatable bonds is 1. The van der Waals surface area contributed by atoms with Gasteiger partial charge in [0.05, 0.1) is 17.6 Å². The second-order valence-corrected chi connectivity index (χ2v) is 3.04. The van der Waals surface area contributed by atoms with Gasteiger partial charge in [-0.2, -0.15) is 5.10 Å². The summed E-state index contributed by atoms with van der Waals surface area (Å²) in [5.74, 6) is 0. The van der Waals surface area contributed by atoms with Crippen LogP contribution in [0.2, 0.25) is 0 Å². The van der Waals surface area contributed by atoms with Crippen LogP contribution in [0.5, 0.6) is 0 Å². The minimum atomic E-state index is 0.604. The third-order valence-electron chi connectivity index (χ3n) is 2.08. The van der Waals surface area contributed by atoms with E-state index in [1.165, 1.54) is 0 Å². The fraction of sp³-hybridized carbons (Fsp3) is 0.111. The minimum absolute atomic E-state index is 0.604. The Morgan fingerprint density at radius 1 is 1.21 bits per heavy atom. The van der Waals surface area contributed by atoms with Crippen molar-refractivity contribution in [1.29, 1.82) is 0 Å². The summed E-state index contributed by atoms with van der Waals surface area (Å²) in [4.78, 5) is 4.01. The topological polar surface area (TPSA) is 82.8 Å². The molecule has 2 aromatic heterocycles. The first kappa shape index (κ1) is 8.55. The van der Waals surface area contributed by atoms with Crippen LogP contribution in [0, 0.1) is 0 Å². The molecule has 14 heavy (non-hydrogen) atoms. The second-order valence-electron chi connectivity index (χ2n) is 3.04. The number of nitrogens with two attached hydrogens (primary N) is 2. The maximum atomic E-state index is 5.81. The Balaban J connectivity index is 2.66. The van der Waals surface area contributed by atoms with Gasteiger partial charge in [-0.05, 0) is 6.07 Å². The summed E-state index contributed by atoms with van der Waals surface area (Å²) in [6.07, 6.45) is 4.93. The summed E-state index contributed by atoms with van der Waals surface area (Å²) in [6, 6.07) is 1.74. The summed E-state index contributed by atoms with van der Waals surface area (Å²) < 4.78 is 1.68. The van der Waals surface area contributed by atoms with Crippen LogP contribution in [0.15, 0.2) is 24.7 Å². The van der Waals surface area contributed by atoms with Gasteiger partial charge in [0.25, 0.3) is 0 Å². The molecule has 0 aliphatic rings. The molecule has 0 fully saturated rings. The Labute approximate surface area is 81.4 Å². The van der Waals surface area contributed by atoms with Crippen LogP contribution >= 0.6 is 0 Å². The average molecular weight is 189 g/mol. The molecule has 2 heterocycles. The van der Waals surface area contributed by atoms with Crippen LogP contribution < -0.4 is 11.5 Å². The van der Waals surface area contributed by atoms with Gasteiger partial charge in [-0.15, -0.1) is 0 Å².